The van der Waals surface area contributed by atoms with Gasteiger partial charge in [-0.05, 0) is 57.4 Å². The Kier molecular flexibility index (Phi) is 4.19. The van der Waals surface area contributed by atoms with Crippen molar-refractivity contribution in [1.29, 1.82) is 0 Å². The highest BCUT2D eigenvalue weighted by molar-refractivity contribution is 5.94. The van der Waals surface area contributed by atoms with Crippen LogP contribution in [0.5, 0.6) is 5.75 Å². The molecule has 1 aromatic carbocycles. The maximum absolute atomic E-state index is 12.7. The minimum absolute atomic E-state index is 0.0705. The van der Waals surface area contributed by atoms with Gasteiger partial charge in [-0.1, -0.05) is 5.21 Å². The Bertz CT molecular complexity index is 749. The lowest BCUT2D eigenvalue weighted by Gasteiger charge is -2.17. The van der Waals surface area contributed by atoms with E-state index in [-0.39, 0.29) is 18.1 Å². The second kappa shape index (κ2) is 6.50. The Morgan fingerprint density at radius 2 is 1.96 bits per heavy atom. The van der Waals surface area contributed by atoms with Gasteiger partial charge in [0.1, 0.15) is 5.75 Å². The third-order valence-corrected chi connectivity index (χ3v) is 4.82. The van der Waals surface area contributed by atoms with Crippen molar-refractivity contribution in [1.82, 2.24) is 19.9 Å². The first-order valence-electron chi connectivity index (χ1n) is 9.08. The maximum atomic E-state index is 12.7. The highest BCUT2D eigenvalue weighted by Crippen LogP contribution is 2.39. The molecule has 1 amide bonds. The van der Waals surface area contributed by atoms with Gasteiger partial charge in [-0.15, -0.1) is 5.10 Å². The lowest BCUT2D eigenvalue weighted by Crippen LogP contribution is -2.29. The minimum Gasteiger partial charge on any atom is -0.491 e. The number of nitrogens with zero attached hydrogens (tertiary/aromatic N) is 4. The van der Waals surface area contributed by atoms with Crippen molar-refractivity contribution < 1.29 is 9.53 Å². The van der Waals surface area contributed by atoms with Gasteiger partial charge in [0.05, 0.1) is 17.8 Å². The quantitative estimate of drug-likeness (QED) is 0.839. The molecule has 25 heavy (non-hydrogen) atoms. The number of aromatic nitrogens is 3. The largest absolute Gasteiger partial charge is 0.491 e. The summed E-state index contributed by atoms with van der Waals surface area (Å²) in [5, 5.41) is 8.56. The molecule has 1 saturated heterocycles. The fourth-order valence-corrected chi connectivity index (χ4v) is 3.31. The van der Waals surface area contributed by atoms with E-state index < -0.39 is 0 Å². The maximum Gasteiger partial charge on any atom is 0.253 e. The molecule has 0 unspecified atom stereocenters. The molecule has 2 aromatic rings. The van der Waals surface area contributed by atoms with Gasteiger partial charge in [-0.2, -0.15) is 0 Å². The van der Waals surface area contributed by atoms with Crippen LogP contribution in [0, 0.1) is 0 Å². The second-order valence-corrected chi connectivity index (χ2v) is 7.28. The number of amides is 1. The van der Waals surface area contributed by atoms with Gasteiger partial charge < -0.3 is 9.64 Å². The predicted molar refractivity (Wildman–Crippen MR) is 93.8 cm³/mol. The van der Waals surface area contributed by atoms with Gasteiger partial charge >= 0.3 is 0 Å². The molecule has 1 saturated carbocycles. The highest BCUT2D eigenvalue weighted by atomic mass is 16.5. The van der Waals surface area contributed by atoms with E-state index in [2.05, 4.69) is 16.5 Å². The smallest absolute Gasteiger partial charge is 0.253 e. The molecule has 6 nitrogen and oxygen atoms in total. The Morgan fingerprint density at radius 3 is 2.64 bits per heavy atom. The number of likely N-dealkylation sites (tertiary alicyclic amines) is 1. The van der Waals surface area contributed by atoms with E-state index in [1.165, 1.54) is 12.8 Å². The van der Waals surface area contributed by atoms with E-state index in [1.54, 1.807) is 0 Å². The van der Waals surface area contributed by atoms with Crippen LogP contribution < -0.4 is 4.74 Å². The number of carbonyl (C=O) groups is 1. The molecule has 1 aliphatic carbocycles. The van der Waals surface area contributed by atoms with E-state index in [0.717, 1.165) is 24.4 Å². The molecular formula is C19H24N4O2. The molecule has 0 bridgehead atoms. The first-order valence-corrected chi connectivity index (χ1v) is 9.08. The van der Waals surface area contributed by atoms with Crippen molar-refractivity contribution in [2.45, 2.75) is 51.2 Å². The molecule has 6 heteroatoms. The molecule has 2 aliphatic rings. The predicted octanol–water partition coefficient (Wildman–Crippen LogP) is 3.03. The normalized spacial score (nSPS) is 20.3. The molecule has 0 spiro atoms. The number of hydrogen-bond donors (Lipinski definition) is 0. The summed E-state index contributed by atoms with van der Waals surface area (Å²) < 4.78 is 7.58. The number of carbonyl (C=O) groups excluding carboxylic acids is 1. The van der Waals surface area contributed by atoms with Crippen molar-refractivity contribution >= 4 is 5.91 Å². The van der Waals surface area contributed by atoms with E-state index in [9.17, 15) is 4.79 Å². The molecule has 0 radical (unpaired) electrons. The molecule has 4 rings (SSSR count). The summed E-state index contributed by atoms with van der Waals surface area (Å²) in [4.78, 5) is 14.6. The Balaban J connectivity index is 1.39. The molecule has 2 heterocycles. The van der Waals surface area contributed by atoms with Crippen LogP contribution in [0.2, 0.25) is 0 Å². The summed E-state index contributed by atoms with van der Waals surface area (Å²) in [7, 11) is 0. The van der Waals surface area contributed by atoms with Crippen LogP contribution in [0.25, 0.3) is 0 Å². The lowest BCUT2D eigenvalue weighted by molar-refractivity contribution is 0.0787. The molecule has 1 aliphatic heterocycles. The molecular weight excluding hydrogens is 316 g/mol. The zero-order chi connectivity index (χ0) is 17.4. The van der Waals surface area contributed by atoms with E-state index in [0.29, 0.717) is 18.0 Å². The molecule has 2 fully saturated rings. The topological polar surface area (TPSA) is 60.2 Å². The summed E-state index contributed by atoms with van der Waals surface area (Å²) in [6, 6.07) is 7.63. The van der Waals surface area contributed by atoms with Crippen molar-refractivity contribution in [2.24, 2.45) is 0 Å². The van der Waals surface area contributed by atoms with E-state index >= 15 is 0 Å². The van der Waals surface area contributed by atoms with Gasteiger partial charge in [-0.3, -0.25) is 4.79 Å². The SMILES string of the molecule is CC(C)Oc1ccc(C(=O)N2CC[C@@H](n3cc(C4CC4)nn3)C2)cc1. The third kappa shape index (κ3) is 3.52. The van der Waals surface area contributed by atoms with Crippen LogP contribution in [0.1, 0.15) is 61.1 Å². The van der Waals surface area contributed by atoms with E-state index in [4.69, 9.17) is 4.74 Å². The molecule has 1 aromatic heterocycles. The summed E-state index contributed by atoms with van der Waals surface area (Å²) in [5.74, 6) is 1.47. The average Bonchev–Trinajstić information content (AvgIpc) is 3.13. The Morgan fingerprint density at radius 1 is 1.20 bits per heavy atom. The lowest BCUT2D eigenvalue weighted by atomic mass is 10.2. The Hall–Kier alpha value is -2.37. The van der Waals surface area contributed by atoms with Gasteiger partial charge in [0.2, 0.25) is 0 Å². The fourth-order valence-electron chi connectivity index (χ4n) is 3.31. The van der Waals surface area contributed by atoms with Crippen molar-refractivity contribution in [3.63, 3.8) is 0 Å². The van der Waals surface area contributed by atoms with Gasteiger partial charge in [0.25, 0.3) is 5.91 Å². The molecule has 1 atom stereocenters. The van der Waals surface area contributed by atoms with Crippen molar-refractivity contribution in [3.05, 3.63) is 41.7 Å². The fraction of sp³-hybridized carbons (Fsp3) is 0.526. The van der Waals surface area contributed by atoms with Crippen LogP contribution in [0.4, 0.5) is 0 Å². The van der Waals surface area contributed by atoms with Gasteiger partial charge in [0, 0.05) is 30.8 Å². The molecule has 0 N–H and O–H groups in total. The zero-order valence-electron chi connectivity index (χ0n) is 14.8. The van der Waals surface area contributed by atoms with Crippen LogP contribution >= 0.6 is 0 Å². The standard InChI is InChI=1S/C19H24N4O2/c1-13(2)25-17-7-5-15(6-8-17)19(24)22-10-9-16(11-22)23-12-18(20-21-23)14-3-4-14/h5-8,12-14,16H,3-4,9-11H2,1-2H3/t16-/m1/s1. The van der Waals surface area contributed by atoms with Crippen LogP contribution in [-0.4, -0.2) is 45.0 Å². The summed E-state index contributed by atoms with van der Waals surface area (Å²) in [6.07, 6.45) is 5.57. The second-order valence-electron chi connectivity index (χ2n) is 7.28. The highest BCUT2D eigenvalue weighted by Gasteiger charge is 2.31. The average molecular weight is 340 g/mol. The first kappa shape index (κ1) is 16.1. The third-order valence-electron chi connectivity index (χ3n) is 4.82. The van der Waals surface area contributed by atoms with Crippen LogP contribution in [-0.2, 0) is 0 Å². The summed E-state index contributed by atoms with van der Waals surface area (Å²) >= 11 is 0. The number of ether oxygens (including phenoxy) is 1. The summed E-state index contributed by atoms with van der Waals surface area (Å²) in [6.45, 7) is 5.42. The van der Waals surface area contributed by atoms with Gasteiger partial charge in [-0.25, -0.2) is 4.68 Å². The van der Waals surface area contributed by atoms with Crippen LogP contribution in [0.3, 0.4) is 0 Å². The Labute approximate surface area is 147 Å². The number of hydrogen-bond acceptors (Lipinski definition) is 4. The zero-order valence-corrected chi connectivity index (χ0v) is 14.8. The number of benzene rings is 1. The van der Waals surface area contributed by atoms with Crippen molar-refractivity contribution in [2.75, 3.05) is 13.1 Å². The van der Waals surface area contributed by atoms with Crippen LogP contribution in [0.15, 0.2) is 30.5 Å². The monoisotopic (exact) mass is 340 g/mol. The van der Waals surface area contributed by atoms with Crippen molar-refractivity contribution in [3.8, 4) is 5.75 Å². The van der Waals surface area contributed by atoms with E-state index in [1.807, 2.05) is 47.7 Å². The van der Waals surface area contributed by atoms with Gasteiger partial charge in [0.15, 0.2) is 0 Å². The minimum atomic E-state index is 0.0705. The summed E-state index contributed by atoms with van der Waals surface area (Å²) in [5.41, 5.74) is 1.81. The number of rotatable bonds is 5. The molecule has 132 valence electrons. The first-order chi connectivity index (χ1) is 12.1.